The molecule has 0 bridgehead atoms. The fraction of sp³-hybridized carbons (Fsp3) is 0.176. The average Bonchev–Trinajstić information content (AvgIpc) is 2.92. The topological polar surface area (TPSA) is 25.2 Å². The van der Waals surface area contributed by atoms with Gasteiger partial charge in [-0.15, -0.1) is 0 Å². The normalized spacial score (nSPS) is 12.7. The first-order valence-electron chi connectivity index (χ1n) is 6.77. The Hall–Kier alpha value is -1.84. The predicted molar refractivity (Wildman–Crippen MR) is 83.1 cm³/mol. The highest BCUT2D eigenvalue weighted by Gasteiger charge is 2.17. The third-order valence-electron chi connectivity index (χ3n) is 3.59. The summed E-state index contributed by atoms with van der Waals surface area (Å²) in [6, 6.07) is 14.7. The highest BCUT2D eigenvalue weighted by atomic mass is 35.5. The minimum absolute atomic E-state index is 0.0586. The number of nitrogens with one attached hydrogen (secondary N) is 1. The second-order valence-corrected chi connectivity index (χ2v) is 5.32. The van der Waals surface area contributed by atoms with Crippen molar-refractivity contribution in [2.45, 2.75) is 12.5 Å². The van der Waals surface area contributed by atoms with Crippen molar-refractivity contribution >= 4 is 22.6 Å². The van der Waals surface area contributed by atoms with Crippen LogP contribution in [0.5, 0.6) is 0 Å². The molecule has 3 rings (SSSR count). The summed E-state index contributed by atoms with van der Waals surface area (Å²) < 4.78 is 19.4. The largest absolute Gasteiger partial charge is 0.459 e. The number of hydrogen-bond donors (Lipinski definition) is 1. The van der Waals surface area contributed by atoms with E-state index in [2.05, 4.69) is 5.32 Å². The van der Waals surface area contributed by atoms with Gasteiger partial charge in [0.1, 0.15) is 17.2 Å². The molecule has 1 atom stereocenters. The van der Waals surface area contributed by atoms with Crippen molar-refractivity contribution < 1.29 is 8.81 Å². The third kappa shape index (κ3) is 2.80. The zero-order chi connectivity index (χ0) is 14.8. The molecule has 1 heterocycles. The van der Waals surface area contributed by atoms with E-state index in [-0.39, 0.29) is 11.1 Å². The maximum absolute atomic E-state index is 13.5. The van der Waals surface area contributed by atoms with Crippen LogP contribution in [0.25, 0.3) is 11.0 Å². The Morgan fingerprint density at radius 1 is 1.19 bits per heavy atom. The van der Waals surface area contributed by atoms with Gasteiger partial charge in [-0.25, -0.2) is 4.39 Å². The van der Waals surface area contributed by atoms with Crippen LogP contribution in [0.1, 0.15) is 17.4 Å². The Morgan fingerprint density at radius 2 is 2.00 bits per heavy atom. The zero-order valence-electron chi connectivity index (χ0n) is 11.6. The smallest absolute Gasteiger partial charge is 0.142 e. The van der Waals surface area contributed by atoms with Gasteiger partial charge in [-0.1, -0.05) is 41.9 Å². The van der Waals surface area contributed by atoms with E-state index < -0.39 is 5.82 Å². The summed E-state index contributed by atoms with van der Waals surface area (Å²) in [4.78, 5) is 0. The van der Waals surface area contributed by atoms with Crippen LogP contribution in [0.3, 0.4) is 0 Å². The standard InChI is InChI=1S/C17H15ClFNO/c1-20-14(9-12-6-4-7-13(19)17(12)18)16-10-11-5-2-3-8-15(11)21-16/h2-8,10,14,20H,9H2,1H3. The van der Waals surface area contributed by atoms with Gasteiger partial charge in [0.25, 0.3) is 0 Å². The van der Waals surface area contributed by atoms with E-state index in [1.165, 1.54) is 6.07 Å². The minimum Gasteiger partial charge on any atom is -0.459 e. The van der Waals surface area contributed by atoms with Gasteiger partial charge in [-0.2, -0.15) is 0 Å². The first kappa shape index (κ1) is 14.1. The second kappa shape index (κ2) is 5.88. The highest BCUT2D eigenvalue weighted by molar-refractivity contribution is 6.31. The fourth-order valence-corrected chi connectivity index (χ4v) is 2.65. The molecule has 108 valence electrons. The molecule has 3 aromatic rings. The van der Waals surface area contributed by atoms with E-state index in [0.717, 1.165) is 22.3 Å². The number of halogens is 2. The summed E-state index contributed by atoms with van der Waals surface area (Å²) in [5, 5.41) is 4.43. The molecule has 0 saturated carbocycles. The number of fused-ring (bicyclic) bond motifs is 1. The summed E-state index contributed by atoms with van der Waals surface area (Å²) in [6.07, 6.45) is 0.562. The number of para-hydroxylation sites is 1. The number of likely N-dealkylation sites (N-methyl/N-ethyl adjacent to an activating group) is 1. The quantitative estimate of drug-likeness (QED) is 0.754. The molecule has 21 heavy (non-hydrogen) atoms. The molecule has 0 amide bonds. The van der Waals surface area contributed by atoms with Gasteiger partial charge in [0, 0.05) is 5.39 Å². The maximum atomic E-state index is 13.5. The molecule has 1 N–H and O–H groups in total. The van der Waals surface area contributed by atoms with Gasteiger partial charge in [0.05, 0.1) is 11.1 Å². The molecular formula is C17H15ClFNO. The molecule has 4 heteroatoms. The van der Waals surface area contributed by atoms with Crippen molar-refractivity contribution in [3.8, 4) is 0 Å². The van der Waals surface area contributed by atoms with Crippen LogP contribution in [0.15, 0.2) is 52.9 Å². The van der Waals surface area contributed by atoms with Crippen LogP contribution < -0.4 is 5.32 Å². The van der Waals surface area contributed by atoms with Crippen LogP contribution in [0, 0.1) is 5.82 Å². The molecule has 0 saturated heterocycles. The van der Waals surface area contributed by atoms with Crippen molar-refractivity contribution in [1.29, 1.82) is 0 Å². The van der Waals surface area contributed by atoms with E-state index in [9.17, 15) is 4.39 Å². The molecular weight excluding hydrogens is 289 g/mol. The van der Waals surface area contributed by atoms with E-state index >= 15 is 0 Å². The Labute approximate surface area is 127 Å². The molecule has 0 spiro atoms. The Kier molecular flexibility index (Phi) is 3.95. The van der Waals surface area contributed by atoms with Crippen molar-refractivity contribution in [2.75, 3.05) is 7.05 Å². The van der Waals surface area contributed by atoms with Crippen molar-refractivity contribution in [2.24, 2.45) is 0 Å². The monoisotopic (exact) mass is 303 g/mol. The van der Waals surface area contributed by atoms with Crippen LogP contribution in [-0.4, -0.2) is 7.05 Å². The number of rotatable bonds is 4. The lowest BCUT2D eigenvalue weighted by Crippen LogP contribution is -2.18. The summed E-state index contributed by atoms with van der Waals surface area (Å²) in [6.45, 7) is 0. The predicted octanol–water partition coefficient (Wildman–Crippen LogP) is 4.73. The summed E-state index contributed by atoms with van der Waals surface area (Å²) in [5.74, 6) is 0.424. The van der Waals surface area contributed by atoms with Gasteiger partial charge in [-0.05, 0) is 37.2 Å². The van der Waals surface area contributed by atoms with Crippen LogP contribution in [0.2, 0.25) is 5.02 Å². The maximum Gasteiger partial charge on any atom is 0.142 e. The van der Waals surface area contributed by atoms with Gasteiger partial charge in [0.15, 0.2) is 0 Å². The highest BCUT2D eigenvalue weighted by Crippen LogP contribution is 2.28. The van der Waals surface area contributed by atoms with Crippen LogP contribution in [0.4, 0.5) is 4.39 Å². The van der Waals surface area contributed by atoms with E-state index in [1.807, 2.05) is 43.4 Å². The average molecular weight is 304 g/mol. The van der Waals surface area contributed by atoms with Gasteiger partial charge >= 0.3 is 0 Å². The molecule has 1 aromatic heterocycles. The van der Waals surface area contributed by atoms with Crippen LogP contribution in [-0.2, 0) is 6.42 Å². The van der Waals surface area contributed by atoms with E-state index in [4.69, 9.17) is 16.0 Å². The lowest BCUT2D eigenvalue weighted by atomic mass is 10.0. The van der Waals surface area contributed by atoms with Crippen LogP contribution >= 0.6 is 11.6 Å². The van der Waals surface area contributed by atoms with Gasteiger partial charge in [-0.3, -0.25) is 0 Å². The lowest BCUT2D eigenvalue weighted by Gasteiger charge is -2.14. The Bertz CT molecular complexity index is 735. The molecule has 0 radical (unpaired) electrons. The van der Waals surface area contributed by atoms with Crippen molar-refractivity contribution in [1.82, 2.24) is 5.32 Å². The van der Waals surface area contributed by atoms with E-state index in [0.29, 0.717) is 6.42 Å². The van der Waals surface area contributed by atoms with Gasteiger partial charge in [0.2, 0.25) is 0 Å². The second-order valence-electron chi connectivity index (χ2n) is 4.94. The van der Waals surface area contributed by atoms with Crippen molar-refractivity contribution in [3.05, 3.63) is 70.7 Å². The van der Waals surface area contributed by atoms with E-state index in [1.54, 1.807) is 6.07 Å². The summed E-state index contributed by atoms with van der Waals surface area (Å²) >= 11 is 6.03. The number of benzene rings is 2. The molecule has 0 aliphatic rings. The summed E-state index contributed by atoms with van der Waals surface area (Å²) in [5.41, 5.74) is 1.61. The lowest BCUT2D eigenvalue weighted by molar-refractivity contribution is 0.450. The van der Waals surface area contributed by atoms with Crippen molar-refractivity contribution in [3.63, 3.8) is 0 Å². The minimum atomic E-state index is -0.395. The zero-order valence-corrected chi connectivity index (χ0v) is 12.3. The molecule has 2 nitrogen and oxygen atoms in total. The molecule has 2 aromatic carbocycles. The molecule has 1 unspecified atom stereocenters. The SMILES string of the molecule is CNC(Cc1cccc(F)c1Cl)c1cc2ccccc2o1. The molecule has 0 fully saturated rings. The Morgan fingerprint density at radius 3 is 2.76 bits per heavy atom. The Balaban J connectivity index is 1.93. The molecule has 0 aliphatic carbocycles. The first-order chi connectivity index (χ1) is 10.2. The molecule has 0 aliphatic heterocycles. The third-order valence-corrected chi connectivity index (χ3v) is 4.02. The van der Waals surface area contributed by atoms with Gasteiger partial charge < -0.3 is 9.73 Å². The number of furan rings is 1. The first-order valence-corrected chi connectivity index (χ1v) is 7.15. The summed E-state index contributed by atoms with van der Waals surface area (Å²) in [7, 11) is 1.85. The fourth-order valence-electron chi connectivity index (χ4n) is 2.45. The number of hydrogen-bond acceptors (Lipinski definition) is 2.